The summed E-state index contributed by atoms with van der Waals surface area (Å²) in [6, 6.07) is 2.34. The van der Waals surface area contributed by atoms with Crippen LogP contribution >= 0.6 is 0 Å². The molecular weight excluding hydrogens is 275 g/mol. The molecule has 1 aliphatic rings. The molecule has 0 spiro atoms. The minimum absolute atomic E-state index is 0.239. The number of nitrogens with one attached hydrogen (secondary N) is 1. The SMILES string of the molecule is Cc1cc(NCC2(O)CCCC(C)C2)c([N+](=O)[O-])cc1F. The fourth-order valence-electron chi connectivity index (χ4n) is 3.02. The number of hydrogen-bond donors (Lipinski definition) is 2. The van der Waals surface area contributed by atoms with Crippen molar-refractivity contribution in [2.45, 2.75) is 45.1 Å². The summed E-state index contributed by atoms with van der Waals surface area (Å²) in [6.07, 6.45) is 3.40. The quantitative estimate of drug-likeness (QED) is 0.659. The van der Waals surface area contributed by atoms with Gasteiger partial charge in [-0.2, -0.15) is 0 Å². The van der Waals surface area contributed by atoms with Crippen LogP contribution in [0.3, 0.4) is 0 Å². The predicted molar refractivity (Wildman–Crippen MR) is 78.9 cm³/mol. The zero-order chi connectivity index (χ0) is 15.6. The normalized spacial score (nSPS) is 25.6. The van der Waals surface area contributed by atoms with Gasteiger partial charge in [0.05, 0.1) is 16.6 Å². The maximum Gasteiger partial charge on any atom is 0.295 e. The van der Waals surface area contributed by atoms with E-state index in [0.29, 0.717) is 24.3 Å². The molecule has 5 nitrogen and oxygen atoms in total. The lowest BCUT2D eigenvalue weighted by atomic mass is 9.79. The zero-order valence-corrected chi connectivity index (χ0v) is 12.4. The summed E-state index contributed by atoms with van der Waals surface area (Å²) in [5, 5.41) is 24.5. The second-order valence-electron chi connectivity index (χ2n) is 6.16. The number of halogens is 1. The molecular formula is C15H21FN2O3. The Bertz CT molecular complexity index is 550. The van der Waals surface area contributed by atoms with Gasteiger partial charge in [-0.3, -0.25) is 10.1 Å². The van der Waals surface area contributed by atoms with E-state index in [4.69, 9.17) is 0 Å². The first kappa shape index (κ1) is 15.7. The van der Waals surface area contributed by atoms with Crippen molar-refractivity contribution in [2.24, 2.45) is 5.92 Å². The Balaban J connectivity index is 2.16. The number of benzene rings is 1. The average molecular weight is 296 g/mol. The van der Waals surface area contributed by atoms with Crippen LogP contribution in [0, 0.1) is 28.8 Å². The van der Waals surface area contributed by atoms with Crippen molar-refractivity contribution in [3.05, 3.63) is 33.6 Å². The molecule has 0 radical (unpaired) electrons. The van der Waals surface area contributed by atoms with Gasteiger partial charge in [0.25, 0.3) is 5.69 Å². The summed E-state index contributed by atoms with van der Waals surface area (Å²) < 4.78 is 13.5. The van der Waals surface area contributed by atoms with Gasteiger partial charge < -0.3 is 10.4 Å². The number of rotatable bonds is 4. The number of aryl methyl sites for hydroxylation is 1. The maximum atomic E-state index is 13.5. The third-order valence-corrected chi connectivity index (χ3v) is 4.15. The number of anilines is 1. The van der Waals surface area contributed by atoms with Gasteiger partial charge in [0.1, 0.15) is 11.5 Å². The number of nitrogens with zero attached hydrogens (tertiary/aromatic N) is 1. The van der Waals surface area contributed by atoms with Crippen LogP contribution in [0.2, 0.25) is 0 Å². The van der Waals surface area contributed by atoms with Gasteiger partial charge in [-0.15, -0.1) is 0 Å². The van der Waals surface area contributed by atoms with E-state index in [1.54, 1.807) is 6.92 Å². The van der Waals surface area contributed by atoms with Crippen LogP contribution in [0.4, 0.5) is 15.8 Å². The van der Waals surface area contributed by atoms with Crippen molar-refractivity contribution in [2.75, 3.05) is 11.9 Å². The van der Waals surface area contributed by atoms with Gasteiger partial charge in [0.15, 0.2) is 0 Å². The van der Waals surface area contributed by atoms with Crippen molar-refractivity contribution in [3.63, 3.8) is 0 Å². The first-order valence-electron chi connectivity index (χ1n) is 7.21. The highest BCUT2D eigenvalue weighted by Crippen LogP contribution is 2.34. The van der Waals surface area contributed by atoms with E-state index >= 15 is 0 Å². The highest BCUT2D eigenvalue weighted by molar-refractivity contribution is 5.63. The van der Waals surface area contributed by atoms with Crippen molar-refractivity contribution in [1.29, 1.82) is 0 Å². The van der Waals surface area contributed by atoms with Gasteiger partial charge in [0.2, 0.25) is 0 Å². The van der Waals surface area contributed by atoms with Crippen LogP contribution in [0.5, 0.6) is 0 Å². The van der Waals surface area contributed by atoms with E-state index in [2.05, 4.69) is 12.2 Å². The first-order chi connectivity index (χ1) is 9.81. The van der Waals surface area contributed by atoms with Gasteiger partial charge >= 0.3 is 0 Å². The smallest absolute Gasteiger partial charge is 0.295 e. The highest BCUT2D eigenvalue weighted by atomic mass is 19.1. The molecule has 1 aromatic carbocycles. The molecule has 0 bridgehead atoms. The van der Waals surface area contributed by atoms with Crippen LogP contribution in [-0.4, -0.2) is 22.2 Å². The van der Waals surface area contributed by atoms with E-state index in [-0.39, 0.29) is 17.9 Å². The summed E-state index contributed by atoms with van der Waals surface area (Å²) in [5.41, 5.74) is -0.559. The first-order valence-corrected chi connectivity index (χ1v) is 7.21. The van der Waals surface area contributed by atoms with E-state index < -0.39 is 16.3 Å². The molecule has 2 rings (SSSR count). The number of aliphatic hydroxyl groups is 1. The molecule has 1 aliphatic carbocycles. The highest BCUT2D eigenvalue weighted by Gasteiger charge is 2.33. The van der Waals surface area contributed by atoms with Crippen molar-refractivity contribution < 1.29 is 14.4 Å². The fourth-order valence-corrected chi connectivity index (χ4v) is 3.02. The van der Waals surface area contributed by atoms with Crippen LogP contribution in [0.25, 0.3) is 0 Å². The largest absolute Gasteiger partial charge is 0.388 e. The molecule has 2 atom stereocenters. The monoisotopic (exact) mass is 296 g/mol. The Labute approximate surface area is 123 Å². The Kier molecular flexibility index (Phi) is 4.46. The Morgan fingerprint density at radius 1 is 1.57 bits per heavy atom. The summed E-state index contributed by atoms with van der Waals surface area (Å²) in [6.45, 7) is 3.89. The van der Waals surface area contributed by atoms with Crippen LogP contribution < -0.4 is 5.32 Å². The molecule has 6 heteroatoms. The summed E-state index contributed by atoms with van der Waals surface area (Å²) in [4.78, 5) is 10.4. The lowest BCUT2D eigenvalue weighted by Crippen LogP contribution is -2.41. The molecule has 1 fully saturated rings. The van der Waals surface area contributed by atoms with Gasteiger partial charge in [0, 0.05) is 6.54 Å². The lowest BCUT2D eigenvalue weighted by molar-refractivity contribution is -0.384. The average Bonchev–Trinajstić information content (AvgIpc) is 2.39. The standard InChI is InChI=1S/C15H21FN2O3/c1-10-4-3-5-15(19,8-10)9-17-13-6-11(2)12(16)7-14(13)18(20)21/h6-7,10,17,19H,3-5,8-9H2,1-2H3. The summed E-state index contributed by atoms with van der Waals surface area (Å²) >= 11 is 0. The number of nitro groups is 1. The molecule has 116 valence electrons. The van der Waals surface area contributed by atoms with Crippen LogP contribution in [-0.2, 0) is 0 Å². The molecule has 0 aromatic heterocycles. The van der Waals surface area contributed by atoms with Crippen molar-refractivity contribution >= 4 is 11.4 Å². The Morgan fingerprint density at radius 2 is 2.29 bits per heavy atom. The molecule has 0 heterocycles. The molecule has 0 amide bonds. The van der Waals surface area contributed by atoms with E-state index in [9.17, 15) is 19.6 Å². The van der Waals surface area contributed by atoms with Crippen LogP contribution in [0.15, 0.2) is 12.1 Å². The summed E-state index contributed by atoms with van der Waals surface area (Å²) in [5.74, 6) is -0.159. The van der Waals surface area contributed by atoms with E-state index in [0.717, 1.165) is 18.9 Å². The predicted octanol–water partition coefficient (Wildman–Crippen LogP) is 3.40. The molecule has 21 heavy (non-hydrogen) atoms. The maximum absolute atomic E-state index is 13.5. The van der Waals surface area contributed by atoms with Crippen molar-refractivity contribution in [3.8, 4) is 0 Å². The van der Waals surface area contributed by atoms with E-state index in [1.165, 1.54) is 6.07 Å². The molecule has 2 N–H and O–H groups in total. The molecule has 0 aliphatic heterocycles. The Hall–Kier alpha value is -1.69. The van der Waals surface area contributed by atoms with E-state index in [1.807, 2.05) is 0 Å². The topological polar surface area (TPSA) is 75.4 Å². The second-order valence-corrected chi connectivity index (χ2v) is 6.16. The minimum Gasteiger partial charge on any atom is -0.388 e. The zero-order valence-electron chi connectivity index (χ0n) is 12.4. The molecule has 1 saturated carbocycles. The lowest BCUT2D eigenvalue weighted by Gasteiger charge is -2.35. The second kappa shape index (κ2) is 5.97. The van der Waals surface area contributed by atoms with Gasteiger partial charge in [-0.25, -0.2) is 4.39 Å². The fraction of sp³-hybridized carbons (Fsp3) is 0.600. The number of nitro benzene ring substituents is 1. The number of hydrogen-bond acceptors (Lipinski definition) is 4. The minimum atomic E-state index is -0.853. The third-order valence-electron chi connectivity index (χ3n) is 4.15. The van der Waals surface area contributed by atoms with Gasteiger partial charge in [-0.05, 0) is 37.3 Å². The molecule has 0 saturated heterocycles. The van der Waals surface area contributed by atoms with Gasteiger partial charge in [-0.1, -0.05) is 19.8 Å². The molecule has 1 aromatic rings. The Morgan fingerprint density at radius 3 is 2.90 bits per heavy atom. The third kappa shape index (κ3) is 3.69. The summed E-state index contributed by atoms with van der Waals surface area (Å²) in [7, 11) is 0. The van der Waals surface area contributed by atoms with Crippen LogP contribution in [0.1, 0.15) is 38.2 Å². The van der Waals surface area contributed by atoms with Crippen molar-refractivity contribution in [1.82, 2.24) is 0 Å². The molecule has 2 unspecified atom stereocenters.